The lowest BCUT2D eigenvalue weighted by Crippen LogP contribution is -2.46. The molecule has 0 aromatic heterocycles. The first-order chi connectivity index (χ1) is 15.3. The lowest BCUT2D eigenvalue weighted by molar-refractivity contribution is -0.116. The Morgan fingerprint density at radius 3 is 2.34 bits per heavy atom. The summed E-state index contributed by atoms with van der Waals surface area (Å²) in [7, 11) is 1.62. The molecule has 3 rings (SSSR count). The third kappa shape index (κ3) is 5.87. The molecule has 1 heterocycles. The summed E-state index contributed by atoms with van der Waals surface area (Å²) in [5, 5.41) is 2.80. The molecule has 2 aromatic rings. The Labute approximate surface area is 189 Å². The standard InChI is InChI=1S/C23H29N3O5S/c1-25-12-14-26(15-13-25)32(28,29)21-8-4-18(5-9-21)17-24-23(27)11-6-19-16-20(30-2)7-10-22(19)31-3/h4-11,16H,12-15,17H2,1-3H3,(H,24,27)/b11-6+. The van der Waals surface area contributed by atoms with Gasteiger partial charge in [-0.1, -0.05) is 12.1 Å². The normalized spacial score (nSPS) is 15.6. The van der Waals surface area contributed by atoms with Crippen LogP contribution in [0.2, 0.25) is 0 Å². The number of nitrogens with one attached hydrogen (secondary N) is 1. The average molecular weight is 460 g/mol. The lowest BCUT2D eigenvalue weighted by atomic mass is 10.1. The molecular weight excluding hydrogens is 430 g/mol. The van der Waals surface area contributed by atoms with Crippen molar-refractivity contribution in [2.45, 2.75) is 11.4 Å². The number of benzene rings is 2. The monoisotopic (exact) mass is 459 g/mol. The van der Waals surface area contributed by atoms with E-state index in [2.05, 4.69) is 10.2 Å². The van der Waals surface area contributed by atoms with Gasteiger partial charge in [0.05, 0.1) is 19.1 Å². The van der Waals surface area contributed by atoms with Gasteiger partial charge in [-0.15, -0.1) is 0 Å². The maximum absolute atomic E-state index is 12.8. The molecule has 1 amide bonds. The fourth-order valence-corrected chi connectivity index (χ4v) is 4.76. The molecule has 0 unspecified atom stereocenters. The van der Waals surface area contributed by atoms with Crippen molar-refractivity contribution in [1.29, 1.82) is 0 Å². The minimum absolute atomic E-state index is 0.266. The minimum atomic E-state index is -3.50. The van der Waals surface area contributed by atoms with Crippen molar-refractivity contribution in [1.82, 2.24) is 14.5 Å². The summed E-state index contributed by atoms with van der Waals surface area (Å²) in [6.07, 6.45) is 3.08. The van der Waals surface area contributed by atoms with E-state index in [1.54, 1.807) is 62.8 Å². The smallest absolute Gasteiger partial charge is 0.244 e. The maximum Gasteiger partial charge on any atom is 0.244 e. The topological polar surface area (TPSA) is 88.2 Å². The average Bonchev–Trinajstić information content (AvgIpc) is 2.81. The van der Waals surface area contributed by atoms with Gasteiger partial charge in [-0.3, -0.25) is 4.79 Å². The molecule has 9 heteroatoms. The molecule has 0 atom stereocenters. The molecule has 172 valence electrons. The number of likely N-dealkylation sites (N-methyl/N-ethyl adjacent to an activating group) is 1. The first-order valence-electron chi connectivity index (χ1n) is 10.3. The van der Waals surface area contributed by atoms with E-state index in [9.17, 15) is 13.2 Å². The van der Waals surface area contributed by atoms with Gasteiger partial charge in [-0.25, -0.2) is 8.42 Å². The van der Waals surface area contributed by atoms with Crippen molar-refractivity contribution in [3.05, 3.63) is 59.7 Å². The van der Waals surface area contributed by atoms with Crippen molar-refractivity contribution in [2.75, 3.05) is 47.4 Å². The van der Waals surface area contributed by atoms with E-state index in [1.165, 1.54) is 10.4 Å². The van der Waals surface area contributed by atoms with E-state index in [-0.39, 0.29) is 17.3 Å². The molecule has 0 bridgehead atoms. The van der Waals surface area contributed by atoms with Crippen LogP contribution in [-0.2, 0) is 21.4 Å². The first-order valence-corrected chi connectivity index (χ1v) is 11.7. The summed E-state index contributed by atoms with van der Waals surface area (Å²) in [6.45, 7) is 2.70. The van der Waals surface area contributed by atoms with Gasteiger partial charge in [0.2, 0.25) is 15.9 Å². The van der Waals surface area contributed by atoms with E-state index in [1.807, 2.05) is 7.05 Å². The highest BCUT2D eigenvalue weighted by atomic mass is 32.2. The van der Waals surface area contributed by atoms with E-state index < -0.39 is 10.0 Å². The van der Waals surface area contributed by atoms with Crippen LogP contribution in [-0.4, -0.2) is 71.0 Å². The molecule has 1 N–H and O–H groups in total. The molecule has 0 saturated carbocycles. The Balaban J connectivity index is 1.58. The van der Waals surface area contributed by atoms with E-state index >= 15 is 0 Å². The second kappa shape index (κ2) is 10.6. The third-order valence-corrected chi connectivity index (χ3v) is 7.25. The number of carbonyl (C=O) groups is 1. The van der Waals surface area contributed by atoms with Crippen LogP contribution >= 0.6 is 0 Å². The number of ether oxygens (including phenoxy) is 2. The maximum atomic E-state index is 12.8. The summed E-state index contributed by atoms with van der Waals surface area (Å²) in [5.74, 6) is 1.02. The van der Waals surface area contributed by atoms with E-state index in [0.29, 0.717) is 24.6 Å². The second-order valence-corrected chi connectivity index (χ2v) is 9.45. The molecule has 1 aliphatic heterocycles. The highest BCUT2D eigenvalue weighted by Crippen LogP contribution is 2.25. The predicted octanol–water partition coefficient (Wildman–Crippen LogP) is 1.97. The van der Waals surface area contributed by atoms with Crippen molar-refractivity contribution in [3.8, 4) is 11.5 Å². The van der Waals surface area contributed by atoms with Gasteiger partial charge in [-0.2, -0.15) is 4.31 Å². The largest absolute Gasteiger partial charge is 0.497 e. The number of piperazine rings is 1. The first kappa shape index (κ1) is 23.8. The zero-order valence-corrected chi connectivity index (χ0v) is 19.4. The van der Waals surface area contributed by atoms with Gasteiger partial charge in [0, 0.05) is 44.4 Å². The van der Waals surface area contributed by atoms with E-state index in [4.69, 9.17) is 9.47 Å². The zero-order valence-electron chi connectivity index (χ0n) is 18.6. The van der Waals surface area contributed by atoms with Crippen LogP contribution < -0.4 is 14.8 Å². The van der Waals surface area contributed by atoms with Crippen molar-refractivity contribution < 1.29 is 22.7 Å². The number of nitrogens with zero attached hydrogens (tertiary/aromatic N) is 2. The summed E-state index contributed by atoms with van der Waals surface area (Å²) >= 11 is 0. The van der Waals surface area contributed by atoms with Crippen LogP contribution in [0.4, 0.5) is 0 Å². The molecule has 8 nitrogen and oxygen atoms in total. The molecule has 0 radical (unpaired) electrons. The number of hydrogen-bond acceptors (Lipinski definition) is 6. The van der Waals surface area contributed by atoms with Crippen LogP contribution in [0.5, 0.6) is 11.5 Å². The van der Waals surface area contributed by atoms with Crippen LogP contribution in [0, 0.1) is 0 Å². The van der Waals surface area contributed by atoms with Gasteiger partial charge < -0.3 is 19.7 Å². The van der Waals surface area contributed by atoms with Crippen LogP contribution in [0.1, 0.15) is 11.1 Å². The highest BCUT2D eigenvalue weighted by molar-refractivity contribution is 7.89. The van der Waals surface area contributed by atoms with Crippen molar-refractivity contribution >= 4 is 22.0 Å². The van der Waals surface area contributed by atoms with Gasteiger partial charge in [0.25, 0.3) is 0 Å². The molecule has 1 fully saturated rings. The Bertz CT molecular complexity index is 1060. The van der Waals surface area contributed by atoms with Crippen molar-refractivity contribution in [2.24, 2.45) is 0 Å². The fourth-order valence-electron chi connectivity index (χ4n) is 3.34. The molecule has 1 saturated heterocycles. The molecule has 1 aliphatic rings. The van der Waals surface area contributed by atoms with E-state index in [0.717, 1.165) is 24.2 Å². The number of hydrogen-bond donors (Lipinski definition) is 1. The van der Waals surface area contributed by atoms with Crippen molar-refractivity contribution in [3.63, 3.8) is 0 Å². The summed E-state index contributed by atoms with van der Waals surface area (Å²) in [6, 6.07) is 12.0. The number of methoxy groups -OCH3 is 2. The quantitative estimate of drug-likeness (QED) is 0.608. The molecule has 2 aromatic carbocycles. The minimum Gasteiger partial charge on any atom is -0.497 e. The number of amides is 1. The summed E-state index contributed by atoms with van der Waals surface area (Å²) in [4.78, 5) is 14.6. The summed E-state index contributed by atoms with van der Waals surface area (Å²) in [5.41, 5.74) is 1.53. The SMILES string of the molecule is COc1ccc(OC)c(/C=C/C(=O)NCc2ccc(S(=O)(=O)N3CCN(C)CC3)cc2)c1. The fraction of sp³-hybridized carbons (Fsp3) is 0.348. The third-order valence-electron chi connectivity index (χ3n) is 5.34. The Kier molecular flexibility index (Phi) is 7.89. The number of rotatable bonds is 8. The predicted molar refractivity (Wildman–Crippen MR) is 123 cm³/mol. The Morgan fingerprint density at radius 2 is 1.72 bits per heavy atom. The highest BCUT2D eigenvalue weighted by Gasteiger charge is 2.27. The van der Waals surface area contributed by atoms with Crippen LogP contribution in [0.15, 0.2) is 53.4 Å². The molecule has 0 aliphatic carbocycles. The number of sulfonamides is 1. The van der Waals surface area contributed by atoms with Gasteiger partial charge in [0.15, 0.2) is 0 Å². The van der Waals surface area contributed by atoms with Crippen LogP contribution in [0.25, 0.3) is 6.08 Å². The Hall–Kier alpha value is -2.88. The zero-order chi connectivity index (χ0) is 23.1. The second-order valence-electron chi connectivity index (χ2n) is 7.51. The molecular formula is C23H29N3O5S. The van der Waals surface area contributed by atoms with Gasteiger partial charge >= 0.3 is 0 Å². The lowest BCUT2D eigenvalue weighted by Gasteiger charge is -2.31. The Morgan fingerprint density at radius 1 is 1.03 bits per heavy atom. The molecule has 32 heavy (non-hydrogen) atoms. The van der Waals surface area contributed by atoms with Gasteiger partial charge in [0.1, 0.15) is 11.5 Å². The number of carbonyl (C=O) groups excluding carboxylic acids is 1. The molecule has 0 spiro atoms. The van der Waals surface area contributed by atoms with Gasteiger partial charge in [-0.05, 0) is 49.0 Å². The summed E-state index contributed by atoms with van der Waals surface area (Å²) < 4.78 is 37.6. The van der Waals surface area contributed by atoms with Crippen LogP contribution in [0.3, 0.4) is 0 Å².